The molecule has 6 nitrogen and oxygen atoms in total. The van der Waals surface area contributed by atoms with Crippen molar-refractivity contribution in [3.8, 4) is 5.75 Å². The fraction of sp³-hybridized carbons (Fsp3) is 0.179. The Kier molecular flexibility index (Phi) is 6.81. The predicted molar refractivity (Wildman–Crippen MR) is 141 cm³/mol. The van der Waals surface area contributed by atoms with E-state index in [2.05, 4.69) is 0 Å². The van der Waals surface area contributed by atoms with Gasteiger partial charge in [-0.15, -0.1) is 0 Å². The van der Waals surface area contributed by atoms with Gasteiger partial charge in [-0.2, -0.15) is 0 Å². The highest BCUT2D eigenvalue weighted by molar-refractivity contribution is 6.36. The minimum Gasteiger partial charge on any atom is -0.486 e. The Hall–Kier alpha value is -3.61. The molecule has 1 aromatic heterocycles. The number of halogens is 2. The fourth-order valence-corrected chi connectivity index (χ4v) is 4.89. The number of ether oxygens (including phenoxy) is 1. The van der Waals surface area contributed by atoms with E-state index >= 15 is 0 Å². The van der Waals surface area contributed by atoms with Crippen molar-refractivity contribution in [3.63, 3.8) is 0 Å². The van der Waals surface area contributed by atoms with E-state index in [1.165, 1.54) is 4.90 Å². The molecule has 0 spiro atoms. The molecule has 1 saturated heterocycles. The number of para-hydroxylation sites is 1. The number of anilines is 1. The molecule has 0 aliphatic carbocycles. The summed E-state index contributed by atoms with van der Waals surface area (Å²) in [5.74, 6) is 0.115. The van der Waals surface area contributed by atoms with Crippen LogP contribution in [-0.4, -0.2) is 34.8 Å². The number of aromatic nitrogens is 1. The maximum absolute atomic E-state index is 13.4. The van der Waals surface area contributed by atoms with E-state index in [9.17, 15) is 9.59 Å². The number of nitrogens with zero attached hydrogens (tertiary/aromatic N) is 3. The number of rotatable bonds is 6. The van der Waals surface area contributed by atoms with Crippen molar-refractivity contribution < 1.29 is 14.3 Å². The number of fused-ring (bicyclic) bond motifs is 1. The Labute approximate surface area is 219 Å². The minimum atomic E-state index is -0.202. The van der Waals surface area contributed by atoms with Crippen LogP contribution in [0.3, 0.4) is 0 Å². The summed E-state index contributed by atoms with van der Waals surface area (Å²) < 4.78 is 6.31. The van der Waals surface area contributed by atoms with Crippen LogP contribution in [0.15, 0.2) is 72.8 Å². The standard InChI is InChI=1S/C28H23Cl2N3O3/c1-18-27(33-16-25(34)32(15-26(33)35)14-19-8-3-2-4-9-19)28(20-10-5-6-13-24(20)31-18)36-17-21-22(29)11-7-12-23(21)30/h2-13H,14-17H2,1H3. The Morgan fingerprint density at radius 2 is 1.56 bits per heavy atom. The van der Waals surface area contributed by atoms with Crippen LogP contribution in [0.4, 0.5) is 5.69 Å². The zero-order chi connectivity index (χ0) is 25.2. The quantitative estimate of drug-likeness (QED) is 0.322. The van der Waals surface area contributed by atoms with Crippen molar-refractivity contribution in [2.75, 3.05) is 18.0 Å². The zero-order valence-electron chi connectivity index (χ0n) is 19.6. The molecule has 182 valence electrons. The van der Waals surface area contributed by atoms with Crippen molar-refractivity contribution in [1.82, 2.24) is 9.88 Å². The second-order valence-electron chi connectivity index (χ2n) is 8.60. The number of benzene rings is 3. The van der Waals surface area contributed by atoms with Gasteiger partial charge in [0, 0.05) is 27.5 Å². The molecule has 3 aromatic carbocycles. The molecule has 8 heteroatoms. The van der Waals surface area contributed by atoms with Gasteiger partial charge in [0.25, 0.3) is 0 Å². The molecule has 0 N–H and O–H groups in total. The predicted octanol–water partition coefficient (Wildman–Crippen LogP) is 5.80. The van der Waals surface area contributed by atoms with Crippen LogP contribution in [0.2, 0.25) is 10.0 Å². The third kappa shape index (κ3) is 4.74. The van der Waals surface area contributed by atoms with Gasteiger partial charge in [-0.25, -0.2) is 0 Å². The number of carbonyl (C=O) groups is 2. The molecule has 2 amide bonds. The number of hydrogen-bond acceptors (Lipinski definition) is 4. The van der Waals surface area contributed by atoms with Gasteiger partial charge >= 0.3 is 0 Å². The molecule has 36 heavy (non-hydrogen) atoms. The van der Waals surface area contributed by atoms with Crippen LogP contribution in [0.5, 0.6) is 5.75 Å². The molecule has 4 aromatic rings. The smallest absolute Gasteiger partial charge is 0.247 e. The maximum atomic E-state index is 13.4. The lowest BCUT2D eigenvalue weighted by molar-refractivity contribution is -0.138. The first-order chi connectivity index (χ1) is 17.4. The molecular weight excluding hydrogens is 497 g/mol. The summed E-state index contributed by atoms with van der Waals surface area (Å²) in [6.45, 7) is 2.15. The first-order valence-corrected chi connectivity index (χ1v) is 12.2. The van der Waals surface area contributed by atoms with Crippen molar-refractivity contribution in [2.45, 2.75) is 20.1 Å². The summed E-state index contributed by atoms with van der Waals surface area (Å²) in [6, 6.07) is 22.4. The number of hydrogen-bond donors (Lipinski definition) is 0. The van der Waals surface area contributed by atoms with Gasteiger partial charge in [0.2, 0.25) is 11.8 Å². The van der Waals surface area contributed by atoms with Gasteiger partial charge < -0.3 is 9.64 Å². The monoisotopic (exact) mass is 519 g/mol. The highest BCUT2D eigenvalue weighted by Gasteiger charge is 2.34. The van der Waals surface area contributed by atoms with Gasteiger partial charge in [-0.1, -0.05) is 71.7 Å². The molecule has 1 aliphatic heterocycles. The van der Waals surface area contributed by atoms with Crippen LogP contribution >= 0.6 is 23.2 Å². The van der Waals surface area contributed by atoms with E-state index in [0.717, 1.165) is 16.5 Å². The third-order valence-electron chi connectivity index (χ3n) is 6.18. The molecular formula is C28H23Cl2N3O3. The average Bonchev–Trinajstić information content (AvgIpc) is 2.86. The van der Waals surface area contributed by atoms with E-state index in [-0.39, 0.29) is 31.5 Å². The number of aryl methyl sites for hydroxylation is 1. The van der Waals surface area contributed by atoms with Crippen LogP contribution in [0.1, 0.15) is 16.8 Å². The second kappa shape index (κ2) is 10.2. The van der Waals surface area contributed by atoms with Gasteiger partial charge in [-0.3, -0.25) is 19.5 Å². The Bertz CT molecular complexity index is 1440. The molecule has 0 radical (unpaired) electrons. The van der Waals surface area contributed by atoms with Crippen LogP contribution < -0.4 is 9.64 Å². The van der Waals surface area contributed by atoms with Gasteiger partial charge in [0.1, 0.15) is 25.4 Å². The van der Waals surface area contributed by atoms with Gasteiger partial charge in [0.15, 0.2) is 5.75 Å². The molecule has 0 unspecified atom stereocenters. The summed E-state index contributed by atoms with van der Waals surface area (Å²) in [6.07, 6.45) is 0. The van der Waals surface area contributed by atoms with E-state index in [0.29, 0.717) is 39.3 Å². The number of piperazine rings is 1. The first kappa shape index (κ1) is 24.1. The summed E-state index contributed by atoms with van der Waals surface area (Å²) in [7, 11) is 0. The topological polar surface area (TPSA) is 62.7 Å². The Morgan fingerprint density at radius 1 is 0.861 bits per heavy atom. The Balaban J connectivity index is 1.50. The van der Waals surface area contributed by atoms with Crippen LogP contribution in [0.25, 0.3) is 10.9 Å². The number of pyridine rings is 1. The summed E-state index contributed by atoms with van der Waals surface area (Å²) in [4.78, 5) is 34.2. The maximum Gasteiger partial charge on any atom is 0.247 e. The lowest BCUT2D eigenvalue weighted by atomic mass is 10.1. The van der Waals surface area contributed by atoms with Crippen molar-refractivity contribution in [1.29, 1.82) is 0 Å². The van der Waals surface area contributed by atoms with E-state index in [4.69, 9.17) is 32.9 Å². The lowest BCUT2D eigenvalue weighted by Crippen LogP contribution is -2.53. The molecule has 0 saturated carbocycles. The normalized spacial score (nSPS) is 14.0. The van der Waals surface area contributed by atoms with Gasteiger partial charge in [0.05, 0.1) is 11.2 Å². The summed E-state index contributed by atoms with van der Waals surface area (Å²) in [5.41, 5.74) is 3.40. The van der Waals surface area contributed by atoms with E-state index < -0.39 is 0 Å². The number of carbonyl (C=O) groups excluding carboxylic acids is 2. The highest BCUT2D eigenvalue weighted by Crippen LogP contribution is 2.40. The second-order valence-corrected chi connectivity index (χ2v) is 9.41. The third-order valence-corrected chi connectivity index (χ3v) is 6.88. The molecule has 5 rings (SSSR count). The average molecular weight is 520 g/mol. The number of amides is 2. The Morgan fingerprint density at radius 3 is 2.31 bits per heavy atom. The largest absolute Gasteiger partial charge is 0.486 e. The molecule has 1 fully saturated rings. The van der Waals surface area contributed by atoms with Crippen molar-refractivity contribution >= 4 is 51.6 Å². The van der Waals surface area contributed by atoms with Crippen LogP contribution in [0, 0.1) is 6.92 Å². The van der Waals surface area contributed by atoms with E-state index in [1.54, 1.807) is 23.1 Å². The van der Waals surface area contributed by atoms with E-state index in [1.807, 2.05) is 61.5 Å². The molecule has 0 atom stereocenters. The zero-order valence-corrected chi connectivity index (χ0v) is 21.1. The highest BCUT2D eigenvalue weighted by atomic mass is 35.5. The van der Waals surface area contributed by atoms with Crippen LogP contribution in [-0.2, 0) is 22.7 Å². The van der Waals surface area contributed by atoms with Crippen molar-refractivity contribution in [2.24, 2.45) is 0 Å². The molecule has 2 heterocycles. The summed E-state index contributed by atoms with van der Waals surface area (Å²) in [5, 5.41) is 1.70. The fourth-order valence-electron chi connectivity index (χ4n) is 4.38. The SMILES string of the molecule is Cc1nc2ccccc2c(OCc2c(Cl)cccc2Cl)c1N1CC(=O)N(Cc2ccccc2)CC1=O. The minimum absolute atomic E-state index is 0.0320. The van der Waals surface area contributed by atoms with Crippen molar-refractivity contribution in [3.05, 3.63) is 99.7 Å². The first-order valence-electron chi connectivity index (χ1n) is 11.5. The lowest BCUT2D eigenvalue weighted by Gasteiger charge is -2.35. The summed E-state index contributed by atoms with van der Waals surface area (Å²) >= 11 is 12.7. The molecule has 0 bridgehead atoms. The molecule has 1 aliphatic rings. The van der Waals surface area contributed by atoms with Gasteiger partial charge in [-0.05, 0) is 36.8 Å².